The molecular weight excluding hydrogens is 408 g/mol. The summed E-state index contributed by atoms with van der Waals surface area (Å²) in [6.07, 6.45) is 2.86. The Morgan fingerprint density at radius 3 is 2.54 bits per heavy atom. The highest BCUT2D eigenvalue weighted by atomic mass is 35.5. The molecule has 3 N–H and O–H groups in total. The van der Waals surface area contributed by atoms with E-state index in [-0.39, 0.29) is 36.5 Å². The Morgan fingerprint density at radius 1 is 1.21 bits per heavy atom. The predicted octanol–water partition coefficient (Wildman–Crippen LogP) is 3.23. The van der Waals surface area contributed by atoms with Crippen LogP contribution in [0, 0.1) is 11.2 Å². The minimum atomic E-state index is -0.557. The summed E-state index contributed by atoms with van der Waals surface area (Å²) in [4.78, 5) is 16.7. The standard InChI is InChI=1S/C19H22FN3O3.2ClH/c20-15-1-3-16(4-2-15)26-17-11-14(5-8-22-17)12-23-18(24)19(13-21)6-9-25-10-7-19;;/h1-5,8,11H,6-7,9-10,12-13,21H2,(H,23,24);2*1H. The number of hydrogen-bond acceptors (Lipinski definition) is 5. The zero-order valence-corrected chi connectivity index (χ0v) is 16.9. The van der Waals surface area contributed by atoms with Gasteiger partial charge in [0.15, 0.2) is 0 Å². The van der Waals surface area contributed by atoms with Crippen LogP contribution in [0.1, 0.15) is 18.4 Å². The predicted molar refractivity (Wildman–Crippen MR) is 109 cm³/mol. The van der Waals surface area contributed by atoms with Crippen molar-refractivity contribution in [2.75, 3.05) is 19.8 Å². The van der Waals surface area contributed by atoms with E-state index in [4.69, 9.17) is 15.2 Å². The summed E-state index contributed by atoms with van der Waals surface area (Å²) in [5, 5.41) is 2.95. The van der Waals surface area contributed by atoms with Crippen molar-refractivity contribution in [1.82, 2.24) is 10.3 Å². The molecular formula is C19H24Cl2FN3O3. The molecule has 0 radical (unpaired) electrons. The fraction of sp³-hybridized carbons (Fsp3) is 0.368. The van der Waals surface area contributed by atoms with E-state index in [2.05, 4.69) is 10.3 Å². The molecule has 0 aliphatic carbocycles. The average Bonchev–Trinajstić information content (AvgIpc) is 2.69. The Kier molecular flexibility index (Phi) is 9.61. The van der Waals surface area contributed by atoms with Gasteiger partial charge in [-0.05, 0) is 48.7 Å². The van der Waals surface area contributed by atoms with E-state index in [0.717, 1.165) is 5.56 Å². The molecule has 9 heteroatoms. The highest BCUT2D eigenvalue weighted by Crippen LogP contribution is 2.29. The van der Waals surface area contributed by atoms with Crippen LogP contribution in [0.5, 0.6) is 11.6 Å². The van der Waals surface area contributed by atoms with Crippen molar-refractivity contribution in [3.05, 3.63) is 54.0 Å². The number of rotatable bonds is 6. The van der Waals surface area contributed by atoms with Crippen LogP contribution in [0.4, 0.5) is 4.39 Å². The molecule has 28 heavy (non-hydrogen) atoms. The van der Waals surface area contributed by atoms with E-state index >= 15 is 0 Å². The Balaban J connectivity index is 0.00000196. The van der Waals surface area contributed by atoms with Crippen molar-refractivity contribution in [1.29, 1.82) is 0 Å². The zero-order chi connectivity index (χ0) is 18.4. The van der Waals surface area contributed by atoms with Gasteiger partial charge in [0, 0.05) is 38.6 Å². The van der Waals surface area contributed by atoms with Crippen molar-refractivity contribution in [3.63, 3.8) is 0 Å². The third kappa shape index (κ3) is 6.04. The molecule has 1 aromatic heterocycles. The van der Waals surface area contributed by atoms with E-state index in [9.17, 15) is 9.18 Å². The largest absolute Gasteiger partial charge is 0.439 e. The first-order chi connectivity index (χ1) is 12.6. The third-order valence-corrected chi connectivity index (χ3v) is 4.61. The number of halogens is 3. The molecule has 2 heterocycles. The summed E-state index contributed by atoms with van der Waals surface area (Å²) in [6, 6.07) is 9.24. The minimum absolute atomic E-state index is 0. The van der Waals surface area contributed by atoms with Gasteiger partial charge in [0.05, 0.1) is 5.41 Å². The average molecular weight is 432 g/mol. The van der Waals surface area contributed by atoms with E-state index < -0.39 is 5.41 Å². The summed E-state index contributed by atoms with van der Waals surface area (Å²) in [7, 11) is 0. The monoisotopic (exact) mass is 431 g/mol. The number of hydrogen-bond donors (Lipinski definition) is 2. The van der Waals surface area contributed by atoms with Crippen molar-refractivity contribution in [2.45, 2.75) is 19.4 Å². The highest BCUT2D eigenvalue weighted by Gasteiger charge is 2.38. The second kappa shape index (κ2) is 11.2. The summed E-state index contributed by atoms with van der Waals surface area (Å²) in [5.74, 6) is 0.483. The topological polar surface area (TPSA) is 86.5 Å². The zero-order valence-electron chi connectivity index (χ0n) is 15.2. The Bertz CT molecular complexity index is 756. The van der Waals surface area contributed by atoms with Crippen molar-refractivity contribution < 1.29 is 18.7 Å². The lowest BCUT2D eigenvalue weighted by atomic mass is 9.79. The summed E-state index contributed by atoms with van der Waals surface area (Å²) in [6.45, 7) is 1.76. The van der Waals surface area contributed by atoms with Gasteiger partial charge in [-0.25, -0.2) is 9.37 Å². The fourth-order valence-corrected chi connectivity index (χ4v) is 2.90. The maximum absolute atomic E-state index is 13.0. The smallest absolute Gasteiger partial charge is 0.227 e. The van der Waals surface area contributed by atoms with Crippen molar-refractivity contribution >= 4 is 30.7 Å². The maximum Gasteiger partial charge on any atom is 0.227 e. The van der Waals surface area contributed by atoms with Crippen LogP contribution in [0.3, 0.4) is 0 Å². The molecule has 0 spiro atoms. The third-order valence-electron chi connectivity index (χ3n) is 4.61. The van der Waals surface area contributed by atoms with Gasteiger partial charge in [-0.2, -0.15) is 0 Å². The molecule has 1 aliphatic heterocycles. The molecule has 0 bridgehead atoms. The molecule has 2 aromatic rings. The van der Waals surface area contributed by atoms with Gasteiger partial charge < -0.3 is 20.5 Å². The van der Waals surface area contributed by atoms with Crippen molar-refractivity contribution in [2.24, 2.45) is 11.1 Å². The SMILES string of the molecule is Cl.Cl.NCC1(C(=O)NCc2ccnc(Oc3ccc(F)cc3)c2)CCOCC1. The number of carbonyl (C=O) groups excluding carboxylic acids is 1. The first-order valence-corrected chi connectivity index (χ1v) is 8.56. The van der Waals surface area contributed by atoms with Gasteiger partial charge in [-0.15, -0.1) is 24.8 Å². The molecule has 1 aromatic carbocycles. The molecule has 1 fully saturated rings. The summed E-state index contributed by atoms with van der Waals surface area (Å²) < 4.78 is 23.9. The molecule has 0 unspecified atom stereocenters. The number of nitrogens with two attached hydrogens (primary N) is 1. The Labute approximate surface area is 175 Å². The quantitative estimate of drug-likeness (QED) is 0.732. The highest BCUT2D eigenvalue weighted by molar-refractivity contribution is 5.85. The molecule has 3 rings (SSSR count). The van der Waals surface area contributed by atoms with Gasteiger partial charge in [0.1, 0.15) is 11.6 Å². The maximum atomic E-state index is 13.0. The minimum Gasteiger partial charge on any atom is -0.439 e. The lowest BCUT2D eigenvalue weighted by Gasteiger charge is -2.34. The number of nitrogens with one attached hydrogen (secondary N) is 1. The van der Waals surface area contributed by atoms with Gasteiger partial charge >= 0.3 is 0 Å². The van der Waals surface area contributed by atoms with Crippen LogP contribution < -0.4 is 15.8 Å². The lowest BCUT2D eigenvalue weighted by Crippen LogP contribution is -2.48. The normalized spacial score (nSPS) is 14.9. The van der Waals surface area contributed by atoms with Crippen molar-refractivity contribution in [3.8, 4) is 11.6 Å². The number of benzene rings is 1. The second-order valence-corrected chi connectivity index (χ2v) is 6.34. The molecule has 1 saturated heterocycles. The van der Waals surface area contributed by atoms with Crippen LogP contribution in [0.2, 0.25) is 0 Å². The fourth-order valence-electron chi connectivity index (χ4n) is 2.90. The first kappa shape index (κ1) is 24.1. The molecule has 0 atom stereocenters. The Morgan fingerprint density at radius 2 is 1.89 bits per heavy atom. The van der Waals surface area contributed by atoms with E-state index in [1.54, 1.807) is 18.3 Å². The van der Waals surface area contributed by atoms with Crippen LogP contribution in [0.15, 0.2) is 42.6 Å². The van der Waals surface area contributed by atoms with Crippen LogP contribution in [-0.4, -0.2) is 30.6 Å². The van der Waals surface area contributed by atoms with E-state index in [1.165, 1.54) is 24.3 Å². The molecule has 0 saturated carbocycles. The number of amides is 1. The first-order valence-electron chi connectivity index (χ1n) is 8.56. The van der Waals surface area contributed by atoms with Crippen LogP contribution in [-0.2, 0) is 16.1 Å². The lowest BCUT2D eigenvalue weighted by molar-refractivity contribution is -0.136. The van der Waals surface area contributed by atoms with Crippen LogP contribution in [0.25, 0.3) is 0 Å². The number of pyridine rings is 1. The van der Waals surface area contributed by atoms with E-state index in [0.29, 0.717) is 50.8 Å². The second-order valence-electron chi connectivity index (χ2n) is 6.34. The van der Waals surface area contributed by atoms with Gasteiger partial charge in [-0.3, -0.25) is 4.79 Å². The van der Waals surface area contributed by atoms with Gasteiger partial charge in [0.25, 0.3) is 0 Å². The number of nitrogens with zero attached hydrogens (tertiary/aromatic N) is 1. The molecule has 6 nitrogen and oxygen atoms in total. The van der Waals surface area contributed by atoms with E-state index in [1.807, 2.05) is 0 Å². The van der Waals surface area contributed by atoms with Crippen LogP contribution >= 0.6 is 24.8 Å². The molecule has 154 valence electrons. The number of aromatic nitrogens is 1. The van der Waals surface area contributed by atoms with Gasteiger partial charge in [-0.1, -0.05) is 0 Å². The van der Waals surface area contributed by atoms with Gasteiger partial charge in [0.2, 0.25) is 11.8 Å². The Hall–Kier alpha value is -1.93. The summed E-state index contributed by atoms with van der Waals surface area (Å²) >= 11 is 0. The number of ether oxygens (including phenoxy) is 2. The molecule has 1 amide bonds. The molecule has 1 aliphatic rings. The number of carbonyl (C=O) groups is 1. The summed E-state index contributed by atoms with van der Waals surface area (Å²) in [5.41, 5.74) is 6.15.